The maximum Gasteiger partial charge on any atom is 0.348 e. The molecule has 0 saturated carbocycles. The highest BCUT2D eigenvalue weighted by Crippen LogP contribution is 2.23. The molecule has 0 spiro atoms. The maximum absolute atomic E-state index is 12.2. The van der Waals surface area contributed by atoms with E-state index in [1.165, 1.54) is 0 Å². The number of aromatic amines is 1. The summed E-state index contributed by atoms with van der Waals surface area (Å²) in [4.78, 5) is 12.2. The Bertz CT molecular complexity index is 859. The highest BCUT2D eigenvalue weighted by Gasteiger charge is 2.16. The summed E-state index contributed by atoms with van der Waals surface area (Å²) >= 11 is 0. The van der Waals surface area contributed by atoms with Crippen LogP contribution in [0.2, 0.25) is 0 Å². The van der Waals surface area contributed by atoms with Crippen molar-refractivity contribution in [2.24, 2.45) is 0 Å². The minimum atomic E-state index is -0.285. The number of nitrogens with one attached hydrogen (secondary N) is 1. The normalized spacial score (nSPS) is 10.9. The van der Waals surface area contributed by atoms with Crippen LogP contribution in [-0.4, -0.2) is 31.7 Å². The lowest BCUT2D eigenvalue weighted by Gasteiger charge is -2.09. The van der Waals surface area contributed by atoms with Gasteiger partial charge in [0.05, 0.1) is 24.6 Å². The SMILES string of the molecule is CCn1cc(-c2n[nH]c(=O)n2-c2ccc(OC)cc2C)cn1. The van der Waals surface area contributed by atoms with Gasteiger partial charge in [0.2, 0.25) is 0 Å². The molecule has 0 bridgehead atoms. The van der Waals surface area contributed by atoms with Gasteiger partial charge in [-0.2, -0.15) is 10.2 Å². The number of hydrogen-bond acceptors (Lipinski definition) is 4. The Balaban J connectivity index is 2.15. The highest BCUT2D eigenvalue weighted by atomic mass is 16.5. The van der Waals surface area contributed by atoms with Crippen molar-refractivity contribution in [3.63, 3.8) is 0 Å². The van der Waals surface area contributed by atoms with Crippen molar-refractivity contribution in [3.8, 4) is 22.8 Å². The summed E-state index contributed by atoms with van der Waals surface area (Å²) in [5, 5.41) is 10.9. The van der Waals surface area contributed by atoms with E-state index in [4.69, 9.17) is 4.74 Å². The Labute approximate surface area is 127 Å². The first kappa shape index (κ1) is 14.1. The second kappa shape index (κ2) is 5.51. The molecular formula is C15H17N5O2. The van der Waals surface area contributed by atoms with Crippen LogP contribution in [0, 0.1) is 6.92 Å². The zero-order valence-corrected chi connectivity index (χ0v) is 12.7. The molecule has 0 unspecified atom stereocenters. The molecule has 0 aliphatic heterocycles. The first-order valence-corrected chi connectivity index (χ1v) is 6.99. The molecule has 1 N–H and O–H groups in total. The van der Waals surface area contributed by atoms with Gasteiger partial charge in [-0.15, -0.1) is 0 Å². The molecule has 3 rings (SSSR count). The van der Waals surface area contributed by atoms with Gasteiger partial charge in [0, 0.05) is 12.7 Å². The minimum absolute atomic E-state index is 0.285. The number of methoxy groups -OCH3 is 1. The molecule has 7 heteroatoms. The number of aromatic nitrogens is 5. The van der Waals surface area contributed by atoms with Crippen LogP contribution in [-0.2, 0) is 6.54 Å². The fourth-order valence-corrected chi connectivity index (χ4v) is 2.37. The molecule has 0 radical (unpaired) electrons. The smallest absolute Gasteiger partial charge is 0.348 e. The van der Waals surface area contributed by atoms with Crippen molar-refractivity contribution in [1.82, 2.24) is 24.5 Å². The molecule has 0 aliphatic rings. The molecule has 22 heavy (non-hydrogen) atoms. The number of rotatable bonds is 4. The zero-order chi connectivity index (χ0) is 15.7. The number of nitrogens with zero attached hydrogens (tertiary/aromatic N) is 4. The summed E-state index contributed by atoms with van der Waals surface area (Å²) in [6.07, 6.45) is 3.57. The summed E-state index contributed by atoms with van der Waals surface area (Å²) in [5.41, 5.74) is 2.19. The lowest BCUT2D eigenvalue weighted by atomic mass is 10.2. The second-order valence-electron chi connectivity index (χ2n) is 4.92. The molecule has 1 aromatic carbocycles. The lowest BCUT2D eigenvalue weighted by Crippen LogP contribution is -2.16. The maximum atomic E-state index is 12.2. The minimum Gasteiger partial charge on any atom is -0.497 e. The third-order valence-corrected chi connectivity index (χ3v) is 3.53. The van der Waals surface area contributed by atoms with Crippen LogP contribution in [0.3, 0.4) is 0 Å². The van der Waals surface area contributed by atoms with Crippen molar-refractivity contribution in [3.05, 3.63) is 46.6 Å². The van der Waals surface area contributed by atoms with E-state index >= 15 is 0 Å². The van der Waals surface area contributed by atoms with Gasteiger partial charge in [-0.3, -0.25) is 4.68 Å². The Kier molecular flexibility index (Phi) is 3.54. The third kappa shape index (κ3) is 2.30. The van der Waals surface area contributed by atoms with E-state index in [2.05, 4.69) is 15.3 Å². The average molecular weight is 299 g/mol. The topological polar surface area (TPSA) is 77.7 Å². The number of hydrogen-bond donors (Lipinski definition) is 1. The molecule has 7 nitrogen and oxygen atoms in total. The van der Waals surface area contributed by atoms with Crippen molar-refractivity contribution >= 4 is 0 Å². The van der Waals surface area contributed by atoms with Gasteiger partial charge in [0.25, 0.3) is 0 Å². The fraction of sp³-hybridized carbons (Fsp3) is 0.267. The first-order valence-electron chi connectivity index (χ1n) is 6.99. The lowest BCUT2D eigenvalue weighted by molar-refractivity contribution is 0.414. The van der Waals surface area contributed by atoms with E-state index in [9.17, 15) is 4.79 Å². The van der Waals surface area contributed by atoms with Gasteiger partial charge in [-0.25, -0.2) is 14.5 Å². The first-order chi connectivity index (χ1) is 10.6. The van der Waals surface area contributed by atoms with E-state index in [-0.39, 0.29) is 5.69 Å². The molecule has 0 amide bonds. The largest absolute Gasteiger partial charge is 0.497 e. The molecule has 2 aromatic heterocycles. The average Bonchev–Trinajstić information content (AvgIpc) is 3.13. The summed E-state index contributed by atoms with van der Waals surface area (Å²) in [6, 6.07) is 5.55. The van der Waals surface area contributed by atoms with Crippen LogP contribution >= 0.6 is 0 Å². The summed E-state index contributed by atoms with van der Waals surface area (Å²) in [5.74, 6) is 1.29. The zero-order valence-electron chi connectivity index (χ0n) is 12.7. The molecule has 3 aromatic rings. The van der Waals surface area contributed by atoms with Crippen LogP contribution < -0.4 is 10.4 Å². The van der Waals surface area contributed by atoms with Crippen LogP contribution in [0.1, 0.15) is 12.5 Å². The molecule has 0 aliphatic carbocycles. The summed E-state index contributed by atoms with van der Waals surface area (Å²) in [6.45, 7) is 4.69. The molecule has 0 saturated heterocycles. The second-order valence-corrected chi connectivity index (χ2v) is 4.92. The molecule has 114 valence electrons. The van der Waals surface area contributed by atoms with Crippen molar-refractivity contribution in [1.29, 1.82) is 0 Å². The fourth-order valence-electron chi connectivity index (χ4n) is 2.37. The van der Waals surface area contributed by atoms with Gasteiger partial charge >= 0.3 is 5.69 Å². The standard InChI is InChI=1S/C15H17N5O2/c1-4-19-9-11(8-16-19)14-17-18-15(21)20(14)13-6-5-12(22-3)7-10(13)2/h5-9H,4H2,1-3H3,(H,18,21). The van der Waals surface area contributed by atoms with E-state index in [1.54, 1.807) is 22.6 Å². The molecule has 0 atom stereocenters. The summed E-state index contributed by atoms with van der Waals surface area (Å²) in [7, 11) is 1.61. The molecule has 2 heterocycles. The Morgan fingerprint density at radius 2 is 2.18 bits per heavy atom. The Hall–Kier alpha value is -2.83. The van der Waals surface area contributed by atoms with E-state index in [1.807, 2.05) is 38.2 Å². The molecule has 0 fully saturated rings. The van der Waals surface area contributed by atoms with Crippen LogP contribution in [0.4, 0.5) is 0 Å². The number of ether oxygens (including phenoxy) is 1. The Morgan fingerprint density at radius 3 is 2.82 bits per heavy atom. The predicted molar refractivity (Wildman–Crippen MR) is 82.4 cm³/mol. The summed E-state index contributed by atoms with van der Waals surface area (Å²) < 4.78 is 8.54. The van der Waals surface area contributed by atoms with E-state index < -0.39 is 0 Å². The predicted octanol–water partition coefficient (Wildman–Crippen LogP) is 1.76. The van der Waals surface area contributed by atoms with Crippen molar-refractivity contribution < 1.29 is 4.74 Å². The number of H-pyrrole nitrogens is 1. The monoisotopic (exact) mass is 299 g/mol. The van der Waals surface area contributed by atoms with Gasteiger partial charge < -0.3 is 4.74 Å². The van der Waals surface area contributed by atoms with E-state index in [0.29, 0.717) is 5.82 Å². The van der Waals surface area contributed by atoms with Crippen LogP contribution in [0.5, 0.6) is 5.75 Å². The third-order valence-electron chi connectivity index (χ3n) is 3.53. The highest BCUT2D eigenvalue weighted by molar-refractivity contribution is 5.58. The van der Waals surface area contributed by atoms with Crippen molar-refractivity contribution in [2.45, 2.75) is 20.4 Å². The van der Waals surface area contributed by atoms with Gasteiger partial charge in [-0.05, 0) is 37.6 Å². The van der Waals surface area contributed by atoms with Crippen LogP contribution in [0.25, 0.3) is 17.1 Å². The van der Waals surface area contributed by atoms with Gasteiger partial charge in [0.15, 0.2) is 5.82 Å². The van der Waals surface area contributed by atoms with E-state index in [0.717, 1.165) is 29.1 Å². The number of benzene rings is 1. The number of aryl methyl sites for hydroxylation is 2. The quantitative estimate of drug-likeness (QED) is 0.796. The van der Waals surface area contributed by atoms with Crippen LogP contribution in [0.15, 0.2) is 35.4 Å². The Morgan fingerprint density at radius 1 is 1.36 bits per heavy atom. The molecular weight excluding hydrogens is 282 g/mol. The van der Waals surface area contributed by atoms with Gasteiger partial charge in [0.1, 0.15) is 5.75 Å². The van der Waals surface area contributed by atoms with Gasteiger partial charge in [-0.1, -0.05) is 0 Å². The van der Waals surface area contributed by atoms with Crippen molar-refractivity contribution in [2.75, 3.05) is 7.11 Å².